The van der Waals surface area contributed by atoms with Gasteiger partial charge in [0.05, 0.1) is 6.61 Å². The smallest absolute Gasteiger partial charge is 0.253 e. The van der Waals surface area contributed by atoms with E-state index in [4.69, 9.17) is 4.74 Å². The Bertz CT molecular complexity index is 593. The molecule has 4 heteroatoms. The number of amides is 1. The summed E-state index contributed by atoms with van der Waals surface area (Å²) in [7, 11) is 1.81. The molecule has 0 fully saturated rings. The molecule has 2 rings (SSSR count). The van der Waals surface area contributed by atoms with Crippen LogP contribution in [0, 0.1) is 0 Å². The van der Waals surface area contributed by atoms with Gasteiger partial charge in [-0.1, -0.05) is 28.1 Å². The molecule has 3 nitrogen and oxygen atoms in total. The van der Waals surface area contributed by atoms with Crippen LogP contribution in [0.2, 0.25) is 0 Å². The lowest BCUT2D eigenvalue weighted by molar-refractivity contribution is 0.0785. The van der Waals surface area contributed by atoms with E-state index in [-0.39, 0.29) is 5.91 Å². The Balaban J connectivity index is 2.01. The quantitative estimate of drug-likeness (QED) is 0.814. The summed E-state index contributed by atoms with van der Waals surface area (Å²) in [4.78, 5) is 14.0. The Morgan fingerprint density at radius 1 is 1.10 bits per heavy atom. The van der Waals surface area contributed by atoms with Crippen LogP contribution in [0.1, 0.15) is 22.8 Å². The first-order valence-corrected chi connectivity index (χ1v) is 7.62. The zero-order valence-corrected chi connectivity index (χ0v) is 13.8. The van der Waals surface area contributed by atoms with Crippen LogP contribution in [-0.4, -0.2) is 24.5 Å². The molecule has 1 amide bonds. The zero-order valence-electron chi connectivity index (χ0n) is 12.2. The summed E-state index contributed by atoms with van der Waals surface area (Å²) in [6.45, 7) is 3.18. The van der Waals surface area contributed by atoms with Crippen molar-refractivity contribution in [1.29, 1.82) is 0 Å². The maximum atomic E-state index is 12.3. The Hall–Kier alpha value is -1.81. The molecule has 0 saturated heterocycles. The molecule has 2 aromatic carbocycles. The third-order valence-electron chi connectivity index (χ3n) is 3.09. The summed E-state index contributed by atoms with van der Waals surface area (Å²) in [6.07, 6.45) is 0. The molecule has 0 atom stereocenters. The van der Waals surface area contributed by atoms with Gasteiger partial charge in [-0.2, -0.15) is 0 Å². The molecule has 0 bridgehead atoms. The van der Waals surface area contributed by atoms with E-state index in [9.17, 15) is 4.79 Å². The van der Waals surface area contributed by atoms with Gasteiger partial charge in [0.15, 0.2) is 0 Å². The van der Waals surface area contributed by atoms with Gasteiger partial charge in [0.25, 0.3) is 5.91 Å². The van der Waals surface area contributed by atoms with Crippen LogP contribution in [0.5, 0.6) is 5.75 Å². The largest absolute Gasteiger partial charge is 0.494 e. The molecule has 0 unspecified atom stereocenters. The van der Waals surface area contributed by atoms with Gasteiger partial charge in [-0.15, -0.1) is 0 Å². The molecule has 0 N–H and O–H groups in total. The van der Waals surface area contributed by atoms with E-state index in [1.165, 1.54) is 0 Å². The lowest BCUT2D eigenvalue weighted by Gasteiger charge is -2.17. The van der Waals surface area contributed by atoms with E-state index in [1.54, 1.807) is 11.9 Å². The molecule has 0 aromatic heterocycles. The van der Waals surface area contributed by atoms with E-state index in [1.807, 2.05) is 55.5 Å². The molecule has 2 aromatic rings. The van der Waals surface area contributed by atoms with Gasteiger partial charge in [-0.25, -0.2) is 0 Å². The van der Waals surface area contributed by atoms with Crippen molar-refractivity contribution in [2.75, 3.05) is 13.7 Å². The molecule has 0 heterocycles. The first kappa shape index (κ1) is 15.6. The van der Waals surface area contributed by atoms with E-state index in [0.29, 0.717) is 18.7 Å². The van der Waals surface area contributed by atoms with Crippen molar-refractivity contribution in [3.8, 4) is 5.75 Å². The summed E-state index contributed by atoms with van der Waals surface area (Å²) in [5, 5.41) is 0. The van der Waals surface area contributed by atoms with Crippen LogP contribution in [0.3, 0.4) is 0 Å². The minimum Gasteiger partial charge on any atom is -0.494 e. The Morgan fingerprint density at radius 3 is 2.29 bits per heavy atom. The first-order chi connectivity index (χ1) is 10.1. The van der Waals surface area contributed by atoms with Crippen molar-refractivity contribution in [1.82, 2.24) is 4.90 Å². The van der Waals surface area contributed by atoms with Crippen molar-refractivity contribution < 1.29 is 9.53 Å². The molecule has 0 aliphatic heterocycles. The standard InChI is InChI=1S/C17H18BrNO2/c1-3-21-16-10-4-13(5-11-16)12-19(2)17(20)14-6-8-15(18)9-7-14/h4-11H,3,12H2,1-2H3. The first-order valence-electron chi connectivity index (χ1n) is 6.83. The number of rotatable bonds is 5. The number of hydrogen-bond donors (Lipinski definition) is 0. The molecule has 0 saturated carbocycles. The normalized spacial score (nSPS) is 10.2. The number of carbonyl (C=O) groups excluding carboxylic acids is 1. The molecule has 110 valence electrons. The van der Waals surface area contributed by atoms with Gasteiger partial charge in [-0.05, 0) is 48.9 Å². The zero-order chi connectivity index (χ0) is 15.2. The summed E-state index contributed by atoms with van der Waals surface area (Å²) in [5.41, 5.74) is 1.76. The number of carbonyl (C=O) groups is 1. The van der Waals surface area contributed by atoms with Gasteiger partial charge < -0.3 is 9.64 Å². The fourth-order valence-electron chi connectivity index (χ4n) is 2.02. The third kappa shape index (κ3) is 4.33. The highest BCUT2D eigenvalue weighted by Crippen LogP contribution is 2.15. The van der Waals surface area contributed by atoms with Gasteiger partial charge in [0, 0.05) is 23.6 Å². The SMILES string of the molecule is CCOc1ccc(CN(C)C(=O)c2ccc(Br)cc2)cc1. The monoisotopic (exact) mass is 347 g/mol. The van der Waals surface area contributed by atoms with Crippen LogP contribution in [0.15, 0.2) is 53.0 Å². The van der Waals surface area contributed by atoms with Crippen LogP contribution in [0.25, 0.3) is 0 Å². The topological polar surface area (TPSA) is 29.5 Å². The van der Waals surface area contributed by atoms with Gasteiger partial charge >= 0.3 is 0 Å². The Kier molecular flexibility index (Phi) is 5.39. The third-order valence-corrected chi connectivity index (χ3v) is 3.62. The average Bonchev–Trinajstić information content (AvgIpc) is 2.49. The van der Waals surface area contributed by atoms with E-state index >= 15 is 0 Å². The number of benzene rings is 2. The Morgan fingerprint density at radius 2 is 1.71 bits per heavy atom. The second-order valence-electron chi connectivity index (χ2n) is 4.75. The van der Waals surface area contributed by atoms with E-state index in [2.05, 4.69) is 15.9 Å². The molecule has 21 heavy (non-hydrogen) atoms. The molecule has 0 spiro atoms. The van der Waals surface area contributed by atoms with Crippen molar-refractivity contribution >= 4 is 21.8 Å². The average molecular weight is 348 g/mol. The number of nitrogens with zero attached hydrogens (tertiary/aromatic N) is 1. The van der Waals surface area contributed by atoms with Crippen molar-refractivity contribution in [2.45, 2.75) is 13.5 Å². The van der Waals surface area contributed by atoms with Crippen LogP contribution in [-0.2, 0) is 6.54 Å². The number of ether oxygens (including phenoxy) is 1. The molecular formula is C17H18BrNO2. The van der Waals surface area contributed by atoms with Crippen LogP contribution < -0.4 is 4.74 Å². The van der Waals surface area contributed by atoms with Crippen molar-refractivity contribution in [3.05, 3.63) is 64.1 Å². The van der Waals surface area contributed by atoms with E-state index in [0.717, 1.165) is 15.8 Å². The van der Waals surface area contributed by atoms with Gasteiger partial charge in [0.2, 0.25) is 0 Å². The fourth-order valence-corrected chi connectivity index (χ4v) is 2.28. The summed E-state index contributed by atoms with van der Waals surface area (Å²) >= 11 is 3.37. The summed E-state index contributed by atoms with van der Waals surface area (Å²) in [6, 6.07) is 15.2. The summed E-state index contributed by atoms with van der Waals surface area (Å²) in [5.74, 6) is 0.861. The predicted octanol–water partition coefficient (Wildman–Crippen LogP) is 4.12. The minimum absolute atomic E-state index is 0.0105. The lowest BCUT2D eigenvalue weighted by atomic mass is 10.1. The maximum absolute atomic E-state index is 12.3. The maximum Gasteiger partial charge on any atom is 0.253 e. The lowest BCUT2D eigenvalue weighted by Crippen LogP contribution is -2.26. The van der Waals surface area contributed by atoms with Gasteiger partial charge in [0.1, 0.15) is 5.75 Å². The second-order valence-corrected chi connectivity index (χ2v) is 5.66. The molecule has 0 radical (unpaired) electrons. The number of hydrogen-bond acceptors (Lipinski definition) is 2. The van der Waals surface area contributed by atoms with E-state index < -0.39 is 0 Å². The number of halogens is 1. The second kappa shape index (κ2) is 7.27. The molecular weight excluding hydrogens is 330 g/mol. The molecule has 0 aliphatic carbocycles. The van der Waals surface area contributed by atoms with Gasteiger partial charge in [-0.3, -0.25) is 4.79 Å². The minimum atomic E-state index is 0.0105. The van der Waals surface area contributed by atoms with Crippen molar-refractivity contribution in [2.24, 2.45) is 0 Å². The highest BCUT2D eigenvalue weighted by molar-refractivity contribution is 9.10. The summed E-state index contributed by atoms with van der Waals surface area (Å²) < 4.78 is 6.37. The van der Waals surface area contributed by atoms with Crippen LogP contribution >= 0.6 is 15.9 Å². The highest BCUT2D eigenvalue weighted by atomic mass is 79.9. The van der Waals surface area contributed by atoms with Crippen LogP contribution in [0.4, 0.5) is 0 Å². The van der Waals surface area contributed by atoms with Crippen molar-refractivity contribution in [3.63, 3.8) is 0 Å². The Labute approximate surface area is 133 Å². The molecule has 0 aliphatic rings. The highest BCUT2D eigenvalue weighted by Gasteiger charge is 2.11. The predicted molar refractivity (Wildman–Crippen MR) is 87.6 cm³/mol. The fraction of sp³-hybridized carbons (Fsp3) is 0.235.